The molecular formula is C27H23F3N4O2. The molecule has 5 rings (SSSR count). The number of benzene rings is 3. The fraction of sp³-hybridized carbons (Fsp3) is 0.185. The molecule has 3 N–H and O–H groups in total. The molecule has 0 saturated carbocycles. The summed E-state index contributed by atoms with van der Waals surface area (Å²) >= 11 is 0. The molecule has 0 unspecified atom stereocenters. The van der Waals surface area contributed by atoms with Crippen molar-refractivity contribution in [3.8, 4) is 0 Å². The molecule has 0 bridgehead atoms. The lowest BCUT2D eigenvalue weighted by Crippen LogP contribution is -2.53. The number of nitrogens with zero attached hydrogens (tertiary/aromatic N) is 1. The number of aromatic nitrogens is 1. The summed E-state index contributed by atoms with van der Waals surface area (Å²) in [5.74, 6) is -2.48. The van der Waals surface area contributed by atoms with Crippen molar-refractivity contribution in [2.75, 3.05) is 5.32 Å². The minimum absolute atomic E-state index is 0.0126. The Morgan fingerprint density at radius 3 is 2.61 bits per heavy atom. The van der Waals surface area contributed by atoms with E-state index in [-0.39, 0.29) is 18.5 Å². The summed E-state index contributed by atoms with van der Waals surface area (Å²) in [7, 11) is 0. The molecule has 0 saturated heterocycles. The second kappa shape index (κ2) is 9.41. The number of H-pyrrole nitrogens is 1. The highest BCUT2D eigenvalue weighted by Gasteiger charge is 2.35. The van der Waals surface area contributed by atoms with Gasteiger partial charge in [-0.25, -0.2) is 18.0 Å². The molecule has 0 fully saturated rings. The molecule has 2 atom stereocenters. The summed E-state index contributed by atoms with van der Waals surface area (Å²) in [6.07, 6.45) is 1.94. The van der Waals surface area contributed by atoms with E-state index in [2.05, 4.69) is 15.6 Å². The van der Waals surface area contributed by atoms with Crippen molar-refractivity contribution in [3.63, 3.8) is 0 Å². The predicted octanol–water partition coefficient (Wildman–Crippen LogP) is 5.42. The number of rotatable bonds is 6. The number of carbonyl (C=O) groups is 2. The van der Waals surface area contributed by atoms with E-state index >= 15 is 0 Å². The van der Waals surface area contributed by atoms with Gasteiger partial charge in [-0.15, -0.1) is 0 Å². The van der Waals surface area contributed by atoms with Crippen molar-refractivity contribution in [1.29, 1.82) is 0 Å². The van der Waals surface area contributed by atoms with E-state index in [4.69, 9.17) is 0 Å². The van der Waals surface area contributed by atoms with Crippen LogP contribution in [0.25, 0.3) is 10.9 Å². The van der Waals surface area contributed by atoms with E-state index in [9.17, 15) is 22.8 Å². The summed E-state index contributed by atoms with van der Waals surface area (Å²) in [5, 5.41) is 6.38. The SMILES string of the molecule is C[C@@H](NC(=O)[C@@H](Cc1c[nH]c2ccccc12)N1Cc2cc(F)ccc2NC1=O)c1ccc(F)cc1F. The molecule has 1 aromatic heterocycles. The fourth-order valence-electron chi connectivity index (χ4n) is 4.60. The number of halogens is 3. The molecule has 9 heteroatoms. The van der Waals surface area contributed by atoms with Gasteiger partial charge in [0, 0.05) is 40.8 Å². The maximum Gasteiger partial charge on any atom is 0.322 e. The first-order chi connectivity index (χ1) is 17.3. The highest BCUT2D eigenvalue weighted by Crippen LogP contribution is 2.28. The highest BCUT2D eigenvalue weighted by atomic mass is 19.1. The number of carbonyl (C=O) groups excluding carboxylic acids is 2. The van der Waals surface area contributed by atoms with Gasteiger partial charge in [0.25, 0.3) is 0 Å². The number of urea groups is 1. The summed E-state index contributed by atoms with van der Waals surface area (Å²) < 4.78 is 41.6. The van der Waals surface area contributed by atoms with Gasteiger partial charge in [-0.2, -0.15) is 0 Å². The van der Waals surface area contributed by atoms with Gasteiger partial charge in [0.15, 0.2) is 0 Å². The maximum atomic E-state index is 14.3. The van der Waals surface area contributed by atoms with Gasteiger partial charge in [0.2, 0.25) is 5.91 Å². The standard InChI is InChI=1S/C27H23F3N4O2/c1-15(20-8-6-19(29)12-22(20)30)32-26(35)25(11-16-13-31-24-5-3-2-4-21(16)24)34-14-17-10-18(28)7-9-23(17)33-27(34)36/h2-10,12-13,15,25,31H,11,14H2,1H3,(H,32,35)(H,33,36)/t15-,25-/m1/s1. The maximum absolute atomic E-state index is 14.3. The zero-order chi connectivity index (χ0) is 25.4. The Balaban J connectivity index is 1.47. The first-order valence-electron chi connectivity index (χ1n) is 11.5. The molecule has 0 radical (unpaired) electrons. The number of hydrogen-bond donors (Lipinski definition) is 3. The minimum atomic E-state index is -0.994. The average molecular weight is 493 g/mol. The molecule has 3 aromatic carbocycles. The molecule has 0 aliphatic carbocycles. The molecule has 6 nitrogen and oxygen atoms in total. The number of hydrogen-bond acceptors (Lipinski definition) is 2. The van der Waals surface area contributed by atoms with Crippen LogP contribution in [0.4, 0.5) is 23.7 Å². The van der Waals surface area contributed by atoms with E-state index in [1.807, 2.05) is 24.3 Å². The second-order valence-electron chi connectivity index (χ2n) is 8.84. The van der Waals surface area contributed by atoms with Gasteiger partial charge in [-0.1, -0.05) is 24.3 Å². The molecular weight excluding hydrogens is 469 g/mol. The Labute approximate surface area is 205 Å². The molecule has 0 spiro atoms. The Bertz CT molecular complexity index is 1470. The number of nitrogens with one attached hydrogen (secondary N) is 3. The Morgan fingerprint density at radius 1 is 1.06 bits per heavy atom. The number of para-hydroxylation sites is 1. The van der Waals surface area contributed by atoms with Gasteiger partial charge in [-0.3, -0.25) is 4.79 Å². The first kappa shape index (κ1) is 23.5. The smallest absolute Gasteiger partial charge is 0.322 e. The zero-order valence-electron chi connectivity index (χ0n) is 19.3. The molecule has 184 valence electrons. The third-order valence-corrected chi connectivity index (χ3v) is 6.47. The monoisotopic (exact) mass is 492 g/mol. The summed E-state index contributed by atoms with van der Waals surface area (Å²) in [5.41, 5.74) is 2.81. The van der Waals surface area contributed by atoms with E-state index in [1.165, 1.54) is 29.2 Å². The molecule has 1 aliphatic heterocycles. The lowest BCUT2D eigenvalue weighted by atomic mass is 10.00. The zero-order valence-corrected chi connectivity index (χ0v) is 19.3. The summed E-state index contributed by atoms with van der Waals surface area (Å²) in [6, 6.07) is 12.5. The first-order valence-corrected chi connectivity index (χ1v) is 11.5. The van der Waals surface area contributed by atoms with Crippen LogP contribution in [0.5, 0.6) is 0 Å². The molecule has 1 aliphatic rings. The van der Waals surface area contributed by atoms with Crippen molar-refractivity contribution >= 4 is 28.5 Å². The largest absolute Gasteiger partial charge is 0.361 e. The lowest BCUT2D eigenvalue weighted by Gasteiger charge is -2.35. The number of anilines is 1. The Hall–Kier alpha value is -4.27. The van der Waals surface area contributed by atoms with Gasteiger partial charge >= 0.3 is 6.03 Å². The number of aromatic amines is 1. The quantitative estimate of drug-likeness (QED) is 0.336. The van der Waals surface area contributed by atoms with Crippen LogP contribution in [-0.4, -0.2) is 27.9 Å². The van der Waals surface area contributed by atoms with Crippen molar-refractivity contribution in [3.05, 3.63) is 101 Å². The fourth-order valence-corrected chi connectivity index (χ4v) is 4.60. The van der Waals surface area contributed by atoms with E-state index < -0.39 is 41.5 Å². The molecule has 36 heavy (non-hydrogen) atoms. The third-order valence-electron chi connectivity index (χ3n) is 6.47. The van der Waals surface area contributed by atoms with Gasteiger partial charge in [0.05, 0.1) is 12.6 Å². The van der Waals surface area contributed by atoms with Crippen LogP contribution in [0.2, 0.25) is 0 Å². The second-order valence-corrected chi connectivity index (χ2v) is 8.84. The van der Waals surface area contributed by atoms with E-state index in [0.717, 1.165) is 28.6 Å². The van der Waals surface area contributed by atoms with Crippen molar-refractivity contribution in [2.24, 2.45) is 0 Å². The average Bonchev–Trinajstić information content (AvgIpc) is 3.25. The molecule has 2 heterocycles. The van der Waals surface area contributed by atoms with E-state index in [0.29, 0.717) is 11.3 Å². The van der Waals surface area contributed by atoms with Crippen molar-refractivity contribution in [1.82, 2.24) is 15.2 Å². The van der Waals surface area contributed by atoms with Crippen LogP contribution in [0.15, 0.2) is 66.9 Å². The highest BCUT2D eigenvalue weighted by molar-refractivity contribution is 5.96. The van der Waals surface area contributed by atoms with Crippen LogP contribution in [-0.2, 0) is 17.8 Å². The van der Waals surface area contributed by atoms with Crippen LogP contribution in [0.3, 0.4) is 0 Å². The van der Waals surface area contributed by atoms with Crippen LogP contribution >= 0.6 is 0 Å². The third kappa shape index (κ3) is 4.51. The molecule has 3 amide bonds. The van der Waals surface area contributed by atoms with Gasteiger partial charge in [-0.05, 0) is 48.4 Å². The lowest BCUT2D eigenvalue weighted by molar-refractivity contribution is -0.126. The van der Waals surface area contributed by atoms with Crippen LogP contribution in [0, 0.1) is 17.5 Å². The summed E-state index contributed by atoms with van der Waals surface area (Å²) in [6.45, 7) is 1.59. The minimum Gasteiger partial charge on any atom is -0.361 e. The Kier molecular flexibility index (Phi) is 6.13. The van der Waals surface area contributed by atoms with Crippen LogP contribution in [0.1, 0.15) is 29.7 Å². The summed E-state index contributed by atoms with van der Waals surface area (Å²) in [4.78, 5) is 31.1. The Morgan fingerprint density at radius 2 is 1.81 bits per heavy atom. The normalized spacial score (nSPS) is 14.8. The van der Waals surface area contributed by atoms with Crippen molar-refractivity contribution in [2.45, 2.75) is 32.0 Å². The van der Waals surface area contributed by atoms with Gasteiger partial charge in [0.1, 0.15) is 23.5 Å². The molecule has 4 aromatic rings. The topological polar surface area (TPSA) is 77.2 Å². The van der Waals surface area contributed by atoms with Crippen LogP contribution < -0.4 is 10.6 Å². The predicted molar refractivity (Wildman–Crippen MR) is 130 cm³/mol. The van der Waals surface area contributed by atoms with Crippen molar-refractivity contribution < 1.29 is 22.8 Å². The van der Waals surface area contributed by atoms with E-state index in [1.54, 1.807) is 13.1 Å². The van der Waals surface area contributed by atoms with Gasteiger partial charge < -0.3 is 20.5 Å². The number of amides is 3. The number of fused-ring (bicyclic) bond motifs is 2.